The van der Waals surface area contributed by atoms with E-state index in [-0.39, 0.29) is 11.3 Å². The molecule has 0 unspecified atom stereocenters. The van der Waals surface area contributed by atoms with Gasteiger partial charge in [0.2, 0.25) is 0 Å². The lowest BCUT2D eigenvalue weighted by molar-refractivity contribution is -0.114. The largest absolute Gasteiger partial charge is 0.497 e. The Hall–Kier alpha value is -3.16. The highest BCUT2D eigenvalue weighted by Gasteiger charge is 2.32. The molecule has 0 radical (unpaired) electrons. The molecule has 2 aromatic carbocycles. The summed E-state index contributed by atoms with van der Waals surface area (Å²) in [5.41, 5.74) is 2.19. The number of hydrogen-bond acceptors (Lipinski definition) is 6. The molecule has 1 aliphatic rings. The molecule has 0 amide bonds. The van der Waals surface area contributed by atoms with Gasteiger partial charge in [-0.3, -0.25) is 14.2 Å². The molecule has 1 atom stereocenters. The first kappa shape index (κ1) is 22.0. The van der Waals surface area contributed by atoms with E-state index in [1.165, 1.54) is 18.3 Å². The lowest BCUT2D eigenvalue weighted by Gasteiger charge is -2.26. The lowest BCUT2D eigenvalue weighted by Crippen LogP contribution is -2.39. The molecule has 4 rings (SSSR count). The van der Waals surface area contributed by atoms with Crippen LogP contribution < -0.4 is 24.4 Å². The number of fused-ring (bicyclic) bond motifs is 1. The van der Waals surface area contributed by atoms with Crippen molar-refractivity contribution in [1.29, 1.82) is 0 Å². The van der Waals surface area contributed by atoms with Crippen molar-refractivity contribution in [2.24, 2.45) is 4.99 Å². The van der Waals surface area contributed by atoms with Crippen LogP contribution in [-0.2, 0) is 4.79 Å². The van der Waals surface area contributed by atoms with Crippen LogP contribution in [0.1, 0.15) is 31.0 Å². The fourth-order valence-corrected chi connectivity index (χ4v) is 5.07. The van der Waals surface area contributed by atoms with E-state index in [2.05, 4.69) is 4.99 Å². The fraction of sp³-hybridized carbons (Fsp3) is 0.208. The SMILES string of the molecule is COc1ccc([C@@H]2C(C(C)=O)=C(C)N=c3s/c(=C\c4ccccc4Cl)c(=O)n32)c(OC)c1. The van der Waals surface area contributed by atoms with Crippen molar-refractivity contribution in [2.45, 2.75) is 19.9 Å². The third-order valence-electron chi connectivity index (χ3n) is 5.33. The average Bonchev–Trinajstić information content (AvgIpc) is 3.08. The number of hydrogen-bond donors (Lipinski definition) is 0. The van der Waals surface area contributed by atoms with Crippen molar-refractivity contribution in [3.05, 3.63) is 89.6 Å². The Labute approximate surface area is 193 Å². The highest BCUT2D eigenvalue weighted by Crippen LogP contribution is 2.37. The predicted octanol–water partition coefficient (Wildman–Crippen LogP) is 3.49. The smallest absolute Gasteiger partial charge is 0.271 e. The summed E-state index contributed by atoms with van der Waals surface area (Å²) in [5.74, 6) is 0.972. The van der Waals surface area contributed by atoms with E-state index in [0.29, 0.717) is 42.7 Å². The molecule has 2 heterocycles. The first-order valence-electron chi connectivity index (χ1n) is 9.85. The number of ether oxygens (including phenoxy) is 2. The van der Waals surface area contributed by atoms with Crippen LogP contribution in [0.4, 0.5) is 0 Å². The minimum absolute atomic E-state index is 0.158. The Morgan fingerprint density at radius 2 is 1.94 bits per heavy atom. The van der Waals surface area contributed by atoms with Crippen molar-refractivity contribution >= 4 is 34.8 Å². The first-order chi connectivity index (χ1) is 15.3. The maximum atomic E-state index is 13.6. The molecule has 6 nitrogen and oxygen atoms in total. The summed E-state index contributed by atoms with van der Waals surface area (Å²) in [6.45, 7) is 3.27. The van der Waals surface area contributed by atoms with Crippen LogP contribution in [0.25, 0.3) is 6.08 Å². The number of allylic oxidation sites excluding steroid dienone is 2. The van der Waals surface area contributed by atoms with Gasteiger partial charge in [-0.1, -0.05) is 41.1 Å². The van der Waals surface area contributed by atoms with E-state index in [1.807, 2.05) is 24.3 Å². The summed E-state index contributed by atoms with van der Waals surface area (Å²) in [4.78, 5) is 31.3. The number of methoxy groups -OCH3 is 2. The molecular weight excluding hydrogens is 448 g/mol. The Morgan fingerprint density at radius 1 is 1.19 bits per heavy atom. The summed E-state index contributed by atoms with van der Waals surface area (Å²) < 4.78 is 12.9. The molecule has 164 valence electrons. The predicted molar refractivity (Wildman–Crippen MR) is 125 cm³/mol. The molecule has 32 heavy (non-hydrogen) atoms. The number of rotatable bonds is 5. The number of carbonyl (C=O) groups is 1. The molecule has 0 fully saturated rings. The van der Waals surface area contributed by atoms with E-state index in [1.54, 1.807) is 50.0 Å². The van der Waals surface area contributed by atoms with Crippen LogP contribution in [0.2, 0.25) is 5.02 Å². The van der Waals surface area contributed by atoms with Crippen molar-refractivity contribution in [3.63, 3.8) is 0 Å². The van der Waals surface area contributed by atoms with Gasteiger partial charge in [0.15, 0.2) is 10.6 Å². The van der Waals surface area contributed by atoms with Crippen LogP contribution in [0.3, 0.4) is 0 Å². The Kier molecular flexibility index (Phi) is 6.04. The molecule has 0 saturated heterocycles. The van der Waals surface area contributed by atoms with Gasteiger partial charge in [-0.05, 0) is 43.7 Å². The third kappa shape index (κ3) is 3.78. The summed E-state index contributed by atoms with van der Waals surface area (Å²) in [6.07, 6.45) is 1.75. The van der Waals surface area contributed by atoms with E-state index in [9.17, 15) is 9.59 Å². The third-order valence-corrected chi connectivity index (χ3v) is 6.66. The summed E-state index contributed by atoms with van der Waals surface area (Å²) >= 11 is 7.55. The van der Waals surface area contributed by atoms with Gasteiger partial charge in [0.1, 0.15) is 11.5 Å². The van der Waals surface area contributed by atoms with Crippen LogP contribution in [0, 0.1) is 0 Å². The standard InChI is InChI=1S/C24H21ClN2O4S/c1-13-21(14(2)28)22(17-10-9-16(30-3)12-19(17)31-4)27-23(29)20(32-24(27)26-13)11-15-7-5-6-8-18(15)25/h5-12,22H,1-4H3/b20-11-/t22-/m1/s1. The molecule has 0 aliphatic carbocycles. The van der Waals surface area contributed by atoms with Gasteiger partial charge >= 0.3 is 0 Å². The van der Waals surface area contributed by atoms with Crippen LogP contribution in [-0.4, -0.2) is 24.6 Å². The molecule has 0 spiro atoms. The van der Waals surface area contributed by atoms with Gasteiger partial charge in [0.05, 0.1) is 24.8 Å². The highest BCUT2D eigenvalue weighted by molar-refractivity contribution is 7.07. The van der Waals surface area contributed by atoms with Gasteiger partial charge in [-0.2, -0.15) is 0 Å². The molecule has 0 N–H and O–H groups in total. The van der Waals surface area contributed by atoms with E-state index >= 15 is 0 Å². The number of nitrogens with zero attached hydrogens (tertiary/aromatic N) is 2. The van der Waals surface area contributed by atoms with E-state index < -0.39 is 6.04 Å². The van der Waals surface area contributed by atoms with Crippen LogP contribution >= 0.6 is 22.9 Å². The number of carbonyl (C=O) groups excluding carboxylic acids is 1. The second-order valence-electron chi connectivity index (χ2n) is 7.27. The maximum Gasteiger partial charge on any atom is 0.271 e. The lowest BCUT2D eigenvalue weighted by atomic mass is 9.92. The Morgan fingerprint density at radius 3 is 2.59 bits per heavy atom. The molecule has 0 bridgehead atoms. The number of benzene rings is 2. The van der Waals surface area contributed by atoms with E-state index in [4.69, 9.17) is 21.1 Å². The normalized spacial score (nSPS) is 15.9. The zero-order chi connectivity index (χ0) is 23.0. The first-order valence-corrected chi connectivity index (χ1v) is 11.0. The van der Waals surface area contributed by atoms with Crippen molar-refractivity contribution in [3.8, 4) is 11.5 Å². The van der Waals surface area contributed by atoms with Crippen molar-refractivity contribution in [1.82, 2.24) is 4.57 Å². The highest BCUT2D eigenvalue weighted by atomic mass is 35.5. The quantitative estimate of drug-likeness (QED) is 0.574. The zero-order valence-corrected chi connectivity index (χ0v) is 19.6. The molecule has 8 heteroatoms. The van der Waals surface area contributed by atoms with Crippen LogP contribution in [0.5, 0.6) is 11.5 Å². The number of halogens is 1. The second kappa shape index (κ2) is 8.76. The van der Waals surface area contributed by atoms with Gasteiger partial charge in [-0.15, -0.1) is 0 Å². The minimum Gasteiger partial charge on any atom is -0.497 e. The maximum absolute atomic E-state index is 13.6. The van der Waals surface area contributed by atoms with Gasteiger partial charge in [0.25, 0.3) is 5.56 Å². The zero-order valence-electron chi connectivity index (χ0n) is 18.0. The molecule has 1 aliphatic heterocycles. The molecule has 1 aromatic heterocycles. The second-order valence-corrected chi connectivity index (χ2v) is 8.68. The number of Topliss-reactive ketones (excluding diaryl/α,β-unsaturated/α-hetero) is 1. The summed E-state index contributed by atoms with van der Waals surface area (Å²) in [7, 11) is 3.11. The Balaban J connectivity index is 2.02. The molecular formula is C24H21ClN2O4S. The van der Waals surface area contributed by atoms with E-state index in [0.717, 1.165) is 5.56 Å². The average molecular weight is 469 g/mol. The van der Waals surface area contributed by atoms with Crippen LogP contribution in [0.15, 0.2) is 63.5 Å². The molecule has 3 aromatic rings. The van der Waals surface area contributed by atoms with Crippen molar-refractivity contribution < 1.29 is 14.3 Å². The van der Waals surface area contributed by atoms with Gasteiger partial charge in [-0.25, -0.2) is 4.99 Å². The van der Waals surface area contributed by atoms with Gasteiger partial charge < -0.3 is 9.47 Å². The topological polar surface area (TPSA) is 69.9 Å². The summed E-state index contributed by atoms with van der Waals surface area (Å²) in [6, 6.07) is 12.0. The van der Waals surface area contributed by atoms with Gasteiger partial charge in [0, 0.05) is 27.9 Å². The number of aromatic nitrogens is 1. The minimum atomic E-state index is -0.669. The van der Waals surface area contributed by atoms with Crippen molar-refractivity contribution in [2.75, 3.05) is 14.2 Å². The Bertz CT molecular complexity index is 1430. The number of thiazole rings is 1. The number of ketones is 1. The summed E-state index contributed by atoms with van der Waals surface area (Å²) in [5, 5.41) is 0.548. The fourth-order valence-electron chi connectivity index (χ4n) is 3.84. The molecule has 0 saturated carbocycles. The monoisotopic (exact) mass is 468 g/mol.